The van der Waals surface area contributed by atoms with Crippen LogP contribution in [0.2, 0.25) is 0 Å². The SMILES string of the molecule is c1ccc(-c2nc(-c3ccc(-c4ccccc4)c(-c4ccccc4)c3)cc(-c3c4ccccc4c(-c4ccccc4)c4ccc5ccccc5c34)n2)cc1. The smallest absolute Gasteiger partial charge is 0.160 e. The van der Waals surface area contributed by atoms with Crippen LogP contribution in [0.3, 0.4) is 0 Å². The van der Waals surface area contributed by atoms with Gasteiger partial charge in [0.1, 0.15) is 0 Å². The monoisotopic (exact) mass is 686 g/mol. The van der Waals surface area contributed by atoms with Crippen LogP contribution in [0.5, 0.6) is 0 Å². The zero-order chi connectivity index (χ0) is 35.8. The van der Waals surface area contributed by atoms with E-state index < -0.39 is 0 Å². The Bertz CT molecular complexity index is 2960. The maximum absolute atomic E-state index is 5.44. The van der Waals surface area contributed by atoms with E-state index in [2.05, 4.69) is 200 Å². The van der Waals surface area contributed by atoms with E-state index in [0.717, 1.165) is 44.6 Å². The summed E-state index contributed by atoms with van der Waals surface area (Å²) in [4.78, 5) is 10.8. The molecule has 0 saturated heterocycles. The molecule has 2 heteroatoms. The summed E-state index contributed by atoms with van der Waals surface area (Å²) in [5, 5.41) is 7.15. The summed E-state index contributed by atoms with van der Waals surface area (Å²) in [5.74, 6) is 0.695. The highest BCUT2D eigenvalue weighted by Gasteiger charge is 2.21. The van der Waals surface area contributed by atoms with Crippen molar-refractivity contribution in [2.24, 2.45) is 0 Å². The van der Waals surface area contributed by atoms with Crippen LogP contribution in [0, 0.1) is 0 Å². The van der Waals surface area contributed by atoms with Gasteiger partial charge in [-0.15, -0.1) is 0 Å². The second kappa shape index (κ2) is 13.4. The third-order valence-corrected chi connectivity index (χ3v) is 10.5. The van der Waals surface area contributed by atoms with E-state index in [1.807, 2.05) is 6.07 Å². The van der Waals surface area contributed by atoms with Crippen LogP contribution in [0.4, 0.5) is 0 Å². The molecule has 0 atom stereocenters. The average Bonchev–Trinajstić information content (AvgIpc) is 3.26. The first-order chi connectivity index (χ1) is 26.8. The minimum Gasteiger partial charge on any atom is -0.228 e. The Morgan fingerprint density at radius 2 is 0.796 bits per heavy atom. The highest BCUT2D eigenvalue weighted by atomic mass is 14.9. The topological polar surface area (TPSA) is 25.8 Å². The summed E-state index contributed by atoms with van der Waals surface area (Å²) in [7, 11) is 0. The third kappa shape index (κ3) is 5.53. The van der Waals surface area contributed by atoms with Gasteiger partial charge >= 0.3 is 0 Å². The van der Waals surface area contributed by atoms with Gasteiger partial charge < -0.3 is 0 Å². The van der Waals surface area contributed by atoms with E-state index in [-0.39, 0.29) is 0 Å². The average molecular weight is 687 g/mol. The van der Waals surface area contributed by atoms with Crippen molar-refractivity contribution >= 4 is 32.3 Å². The van der Waals surface area contributed by atoms with Crippen molar-refractivity contribution in [2.45, 2.75) is 0 Å². The largest absolute Gasteiger partial charge is 0.228 e. The molecule has 0 aliphatic heterocycles. The maximum atomic E-state index is 5.44. The molecule has 0 saturated carbocycles. The molecular weight excluding hydrogens is 653 g/mol. The van der Waals surface area contributed by atoms with Gasteiger partial charge in [0.15, 0.2) is 5.82 Å². The molecule has 0 aliphatic carbocycles. The standard InChI is InChI=1S/C52H34N2/c1-5-17-35(18-6-1)41-31-30-40(33-46(41)36-19-7-2-8-20-36)47-34-48(54-52(53-47)39-24-11-4-12-25-39)51-44-28-16-15-27-43(44)49(38-22-9-3-10-23-38)45-32-29-37-21-13-14-26-42(37)50(45)51/h1-34H. The number of benzene rings is 9. The number of hydrogen-bond donors (Lipinski definition) is 0. The molecule has 0 aliphatic rings. The minimum absolute atomic E-state index is 0.695. The van der Waals surface area contributed by atoms with Crippen molar-refractivity contribution < 1.29 is 0 Å². The maximum Gasteiger partial charge on any atom is 0.160 e. The molecule has 0 N–H and O–H groups in total. The molecule has 0 amide bonds. The van der Waals surface area contributed by atoms with E-state index in [9.17, 15) is 0 Å². The molecule has 0 fully saturated rings. The van der Waals surface area contributed by atoms with Crippen LogP contribution in [-0.2, 0) is 0 Å². The number of fused-ring (bicyclic) bond motifs is 4. The fraction of sp³-hybridized carbons (Fsp3) is 0. The summed E-state index contributed by atoms with van der Waals surface area (Å²) in [6.45, 7) is 0. The van der Waals surface area contributed by atoms with Crippen molar-refractivity contribution in [3.63, 3.8) is 0 Å². The Morgan fingerprint density at radius 1 is 0.278 bits per heavy atom. The first kappa shape index (κ1) is 31.6. The molecule has 1 heterocycles. The Morgan fingerprint density at radius 3 is 1.46 bits per heavy atom. The van der Waals surface area contributed by atoms with E-state index in [1.54, 1.807) is 0 Å². The molecule has 252 valence electrons. The summed E-state index contributed by atoms with van der Waals surface area (Å²) >= 11 is 0. The molecule has 0 spiro atoms. The van der Waals surface area contributed by atoms with Gasteiger partial charge in [-0.3, -0.25) is 0 Å². The van der Waals surface area contributed by atoms with Gasteiger partial charge in [0.2, 0.25) is 0 Å². The molecule has 0 unspecified atom stereocenters. The number of nitrogens with zero attached hydrogens (tertiary/aromatic N) is 2. The summed E-state index contributed by atoms with van der Waals surface area (Å²) in [6.07, 6.45) is 0. The van der Waals surface area contributed by atoms with Crippen molar-refractivity contribution in [1.29, 1.82) is 0 Å². The van der Waals surface area contributed by atoms with Crippen molar-refractivity contribution in [1.82, 2.24) is 9.97 Å². The lowest BCUT2D eigenvalue weighted by molar-refractivity contribution is 1.19. The molecule has 54 heavy (non-hydrogen) atoms. The first-order valence-corrected chi connectivity index (χ1v) is 18.4. The normalized spacial score (nSPS) is 11.3. The molecule has 0 bridgehead atoms. The van der Waals surface area contributed by atoms with E-state index in [4.69, 9.17) is 9.97 Å². The van der Waals surface area contributed by atoms with Crippen LogP contribution in [0.15, 0.2) is 206 Å². The Labute approximate surface area is 314 Å². The van der Waals surface area contributed by atoms with E-state index >= 15 is 0 Å². The van der Waals surface area contributed by atoms with Crippen LogP contribution in [-0.4, -0.2) is 9.97 Å². The Kier molecular flexibility index (Phi) is 7.85. The minimum atomic E-state index is 0.695. The second-order valence-electron chi connectivity index (χ2n) is 13.7. The van der Waals surface area contributed by atoms with Crippen LogP contribution >= 0.6 is 0 Å². The van der Waals surface area contributed by atoms with Gasteiger partial charge in [-0.2, -0.15) is 0 Å². The zero-order valence-electron chi connectivity index (χ0n) is 29.5. The number of rotatable bonds is 6. The van der Waals surface area contributed by atoms with Crippen LogP contribution in [0.25, 0.3) is 99.6 Å². The predicted octanol–water partition coefficient (Wildman–Crippen LogP) is 13.9. The van der Waals surface area contributed by atoms with Gasteiger partial charge in [0.25, 0.3) is 0 Å². The van der Waals surface area contributed by atoms with Crippen molar-refractivity contribution in [2.75, 3.05) is 0 Å². The molecule has 0 radical (unpaired) electrons. The van der Waals surface area contributed by atoms with E-state index in [0.29, 0.717) is 5.82 Å². The van der Waals surface area contributed by atoms with E-state index in [1.165, 1.54) is 49.2 Å². The Hall–Kier alpha value is -7.16. The van der Waals surface area contributed by atoms with Crippen molar-refractivity contribution in [3.05, 3.63) is 206 Å². The molecule has 2 nitrogen and oxygen atoms in total. The number of aromatic nitrogens is 2. The fourth-order valence-corrected chi connectivity index (χ4v) is 8.00. The number of hydrogen-bond acceptors (Lipinski definition) is 2. The van der Waals surface area contributed by atoms with Gasteiger partial charge in [0, 0.05) is 22.1 Å². The summed E-state index contributed by atoms with van der Waals surface area (Å²) < 4.78 is 0. The highest BCUT2D eigenvalue weighted by molar-refractivity contribution is 6.27. The van der Waals surface area contributed by atoms with Gasteiger partial charge in [-0.25, -0.2) is 9.97 Å². The zero-order valence-corrected chi connectivity index (χ0v) is 29.5. The third-order valence-electron chi connectivity index (χ3n) is 10.5. The lowest BCUT2D eigenvalue weighted by Gasteiger charge is -2.20. The first-order valence-electron chi connectivity index (χ1n) is 18.4. The van der Waals surface area contributed by atoms with Crippen LogP contribution < -0.4 is 0 Å². The fourth-order valence-electron chi connectivity index (χ4n) is 8.00. The summed E-state index contributed by atoms with van der Waals surface area (Å²) in [6, 6.07) is 73.4. The molecule has 1 aromatic heterocycles. The van der Waals surface area contributed by atoms with Gasteiger partial charge in [-0.05, 0) is 72.4 Å². The molecular formula is C52H34N2. The highest BCUT2D eigenvalue weighted by Crippen LogP contribution is 2.46. The predicted molar refractivity (Wildman–Crippen MR) is 227 cm³/mol. The molecule has 10 aromatic rings. The lowest BCUT2D eigenvalue weighted by Crippen LogP contribution is -1.99. The molecule has 9 aromatic carbocycles. The lowest BCUT2D eigenvalue weighted by atomic mass is 9.85. The second-order valence-corrected chi connectivity index (χ2v) is 13.7. The quantitative estimate of drug-likeness (QED) is 0.129. The van der Waals surface area contributed by atoms with Gasteiger partial charge in [0.05, 0.1) is 11.4 Å². The van der Waals surface area contributed by atoms with Crippen LogP contribution in [0.1, 0.15) is 0 Å². The summed E-state index contributed by atoms with van der Waals surface area (Å²) in [5.41, 5.74) is 12.0. The molecule has 10 rings (SSSR count). The van der Waals surface area contributed by atoms with Crippen molar-refractivity contribution in [3.8, 4) is 67.3 Å². The van der Waals surface area contributed by atoms with Gasteiger partial charge in [-0.1, -0.05) is 194 Å². The Balaban J connectivity index is 1.30.